The van der Waals surface area contributed by atoms with Crippen LogP contribution in [0, 0.1) is 0 Å². The summed E-state index contributed by atoms with van der Waals surface area (Å²) in [7, 11) is 0. The highest BCUT2D eigenvalue weighted by atomic mass is 16.2. The number of nitrogens with one attached hydrogen (secondary N) is 1. The zero-order chi connectivity index (χ0) is 21.8. The van der Waals surface area contributed by atoms with Gasteiger partial charge in [0.05, 0.1) is 5.56 Å². The van der Waals surface area contributed by atoms with Crippen LogP contribution in [-0.2, 0) is 4.79 Å². The molecule has 1 aliphatic rings. The number of hydrogen-bond donors (Lipinski definition) is 1. The van der Waals surface area contributed by atoms with Crippen molar-refractivity contribution in [3.63, 3.8) is 0 Å². The Morgan fingerprint density at radius 2 is 1.60 bits per heavy atom. The van der Waals surface area contributed by atoms with Crippen molar-refractivity contribution in [1.82, 2.24) is 4.90 Å². The van der Waals surface area contributed by atoms with Gasteiger partial charge < -0.3 is 15.1 Å². The Morgan fingerprint density at radius 1 is 0.933 bits per heavy atom. The van der Waals surface area contributed by atoms with Gasteiger partial charge in [-0.2, -0.15) is 0 Å². The Labute approximate surface area is 183 Å². The van der Waals surface area contributed by atoms with E-state index in [0.29, 0.717) is 25.1 Å². The molecule has 0 spiro atoms. The number of piperidine rings is 1. The number of nitrogens with zero attached hydrogens (tertiary/aromatic N) is 2. The van der Waals surface area contributed by atoms with E-state index >= 15 is 0 Å². The van der Waals surface area contributed by atoms with E-state index in [0.717, 1.165) is 50.1 Å². The third-order valence-electron chi connectivity index (χ3n) is 6.02. The van der Waals surface area contributed by atoms with Crippen molar-refractivity contribution >= 4 is 23.2 Å². The molecule has 1 aliphatic heterocycles. The van der Waals surface area contributed by atoms with E-state index in [9.17, 15) is 9.59 Å². The zero-order valence-electron chi connectivity index (χ0n) is 19.3. The predicted molar refractivity (Wildman–Crippen MR) is 126 cm³/mol. The molecular formula is C25H41N3O2. The van der Waals surface area contributed by atoms with Crippen LogP contribution in [0.5, 0.6) is 0 Å². The summed E-state index contributed by atoms with van der Waals surface area (Å²) >= 11 is 0. The van der Waals surface area contributed by atoms with Gasteiger partial charge >= 0.3 is 0 Å². The maximum Gasteiger partial charge on any atom is 0.256 e. The van der Waals surface area contributed by atoms with E-state index in [4.69, 9.17) is 0 Å². The average Bonchev–Trinajstić information content (AvgIpc) is 2.77. The van der Waals surface area contributed by atoms with E-state index in [1.807, 2.05) is 36.9 Å². The lowest BCUT2D eigenvalue weighted by Gasteiger charge is -2.31. The fourth-order valence-corrected chi connectivity index (χ4v) is 4.17. The van der Waals surface area contributed by atoms with E-state index in [2.05, 4.69) is 17.1 Å². The molecule has 0 atom stereocenters. The Balaban J connectivity index is 2.06. The van der Waals surface area contributed by atoms with E-state index in [1.54, 1.807) is 0 Å². The maximum absolute atomic E-state index is 13.2. The van der Waals surface area contributed by atoms with Crippen molar-refractivity contribution in [2.24, 2.45) is 0 Å². The molecule has 1 N–H and O–H groups in total. The number of unbranched alkanes of at least 4 members (excludes halogenated alkanes) is 5. The molecule has 0 saturated carbocycles. The number of benzene rings is 1. The molecule has 1 aromatic carbocycles. The normalized spacial score (nSPS) is 13.9. The lowest BCUT2D eigenvalue weighted by molar-refractivity contribution is -0.116. The van der Waals surface area contributed by atoms with Crippen LogP contribution in [0.2, 0.25) is 0 Å². The number of amides is 2. The van der Waals surface area contributed by atoms with Crippen LogP contribution < -0.4 is 10.2 Å². The molecule has 0 bridgehead atoms. The lowest BCUT2D eigenvalue weighted by Crippen LogP contribution is -2.35. The van der Waals surface area contributed by atoms with Gasteiger partial charge in [-0.1, -0.05) is 39.0 Å². The van der Waals surface area contributed by atoms with Crippen molar-refractivity contribution in [3.8, 4) is 0 Å². The van der Waals surface area contributed by atoms with Gasteiger partial charge in [-0.3, -0.25) is 9.59 Å². The summed E-state index contributed by atoms with van der Waals surface area (Å²) in [5.41, 5.74) is 2.43. The predicted octanol–water partition coefficient (Wildman–Crippen LogP) is 5.85. The second-order valence-electron chi connectivity index (χ2n) is 8.32. The summed E-state index contributed by atoms with van der Waals surface area (Å²) in [4.78, 5) is 29.8. The second kappa shape index (κ2) is 13.3. The van der Waals surface area contributed by atoms with Gasteiger partial charge in [0.15, 0.2) is 0 Å². The molecule has 1 saturated heterocycles. The Bertz CT molecular complexity index is 664. The first kappa shape index (κ1) is 24.2. The highest BCUT2D eigenvalue weighted by Crippen LogP contribution is 2.28. The summed E-state index contributed by atoms with van der Waals surface area (Å²) < 4.78 is 0. The smallest absolute Gasteiger partial charge is 0.256 e. The zero-order valence-corrected chi connectivity index (χ0v) is 19.3. The van der Waals surface area contributed by atoms with Crippen LogP contribution in [0.4, 0.5) is 11.4 Å². The molecule has 1 aromatic rings. The minimum Gasteiger partial charge on any atom is -0.371 e. The van der Waals surface area contributed by atoms with Gasteiger partial charge in [-0.05, 0) is 57.7 Å². The van der Waals surface area contributed by atoms with Crippen LogP contribution in [0.25, 0.3) is 0 Å². The van der Waals surface area contributed by atoms with Crippen LogP contribution in [0.15, 0.2) is 18.2 Å². The first-order chi connectivity index (χ1) is 14.6. The molecule has 2 rings (SSSR count). The Hall–Kier alpha value is -2.04. The largest absolute Gasteiger partial charge is 0.371 e. The first-order valence-corrected chi connectivity index (χ1v) is 12.1. The van der Waals surface area contributed by atoms with Crippen molar-refractivity contribution in [2.75, 3.05) is 36.4 Å². The Morgan fingerprint density at radius 3 is 2.27 bits per heavy atom. The van der Waals surface area contributed by atoms with Gasteiger partial charge in [0.2, 0.25) is 5.91 Å². The molecule has 0 aromatic heterocycles. The third kappa shape index (κ3) is 7.33. The van der Waals surface area contributed by atoms with Crippen molar-refractivity contribution in [2.45, 2.75) is 85.0 Å². The molecule has 0 aliphatic carbocycles. The number of carbonyl (C=O) groups is 2. The highest BCUT2D eigenvalue weighted by Gasteiger charge is 2.22. The van der Waals surface area contributed by atoms with Gasteiger partial charge in [-0.15, -0.1) is 0 Å². The molecule has 5 nitrogen and oxygen atoms in total. The van der Waals surface area contributed by atoms with E-state index < -0.39 is 0 Å². The van der Waals surface area contributed by atoms with Gasteiger partial charge in [0.1, 0.15) is 0 Å². The number of rotatable bonds is 12. The minimum atomic E-state index is 0.0393. The summed E-state index contributed by atoms with van der Waals surface area (Å²) in [5.74, 6) is 0.0880. The third-order valence-corrected chi connectivity index (χ3v) is 6.02. The Kier molecular flexibility index (Phi) is 10.7. The van der Waals surface area contributed by atoms with Gasteiger partial charge in [0.25, 0.3) is 5.91 Å². The summed E-state index contributed by atoms with van der Waals surface area (Å²) in [6.45, 7) is 9.57. The monoisotopic (exact) mass is 415 g/mol. The molecule has 0 radical (unpaired) electrons. The molecule has 168 valence electrons. The summed E-state index contributed by atoms with van der Waals surface area (Å²) in [5, 5.41) is 3.02. The van der Waals surface area contributed by atoms with Crippen LogP contribution in [0.3, 0.4) is 0 Å². The lowest BCUT2D eigenvalue weighted by atomic mass is 10.0. The fraction of sp³-hybridized carbons (Fsp3) is 0.680. The molecular weight excluding hydrogens is 374 g/mol. The van der Waals surface area contributed by atoms with Crippen molar-refractivity contribution in [3.05, 3.63) is 23.8 Å². The standard InChI is InChI=1S/C25H41N3O2/c1-4-7-8-9-10-12-15-24(29)26-21-16-17-23(28-18-13-11-14-19-28)22(20-21)25(30)27(5-2)6-3/h16-17,20H,4-15,18-19H2,1-3H3,(H,26,29). The fourth-order valence-electron chi connectivity index (χ4n) is 4.17. The van der Waals surface area contributed by atoms with Gasteiger partial charge in [-0.25, -0.2) is 0 Å². The summed E-state index contributed by atoms with van der Waals surface area (Å²) in [6.07, 6.45) is 11.1. The van der Waals surface area contributed by atoms with Crippen LogP contribution in [-0.4, -0.2) is 42.9 Å². The number of anilines is 2. The van der Waals surface area contributed by atoms with Crippen LogP contribution in [0.1, 0.15) is 95.3 Å². The second-order valence-corrected chi connectivity index (χ2v) is 8.32. The summed E-state index contributed by atoms with van der Waals surface area (Å²) in [6, 6.07) is 5.84. The van der Waals surface area contributed by atoms with Crippen LogP contribution >= 0.6 is 0 Å². The SMILES string of the molecule is CCCCCCCCC(=O)Nc1ccc(N2CCCCC2)c(C(=O)N(CC)CC)c1. The molecule has 1 heterocycles. The van der Waals surface area contributed by atoms with E-state index in [-0.39, 0.29) is 11.8 Å². The highest BCUT2D eigenvalue weighted by molar-refractivity contribution is 6.02. The topological polar surface area (TPSA) is 52.7 Å². The molecule has 5 heteroatoms. The maximum atomic E-state index is 13.2. The van der Waals surface area contributed by atoms with Crippen molar-refractivity contribution < 1.29 is 9.59 Å². The van der Waals surface area contributed by atoms with Crippen molar-refractivity contribution in [1.29, 1.82) is 0 Å². The average molecular weight is 416 g/mol. The minimum absolute atomic E-state index is 0.0393. The molecule has 0 unspecified atom stereocenters. The first-order valence-electron chi connectivity index (χ1n) is 12.1. The molecule has 30 heavy (non-hydrogen) atoms. The molecule has 1 fully saturated rings. The van der Waals surface area contributed by atoms with Gasteiger partial charge in [0, 0.05) is 44.0 Å². The molecule has 2 amide bonds. The number of hydrogen-bond acceptors (Lipinski definition) is 3. The number of carbonyl (C=O) groups excluding carboxylic acids is 2. The van der Waals surface area contributed by atoms with E-state index in [1.165, 1.54) is 32.1 Å². The quantitative estimate of drug-likeness (QED) is 0.436.